The minimum atomic E-state index is -0.593. The zero-order valence-corrected chi connectivity index (χ0v) is 17.3. The minimum Gasteiger partial charge on any atom is -0.366 e. The Kier molecular flexibility index (Phi) is 6.23. The van der Waals surface area contributed by atoms with Gasteiger partial charge in [0.25, 0.3) is 5.91 Å². The van der Waals surface area contributed by atoms with E-state index in [1.165, 1.54) is 4.90 Å². The summed E-state index contributed by atoms with van der Waals surface area (Å²) in [6, 6.07) is 16.6. The van der Waals surface area contributed by atoms with E-state index in [0.29, 0.717) is 17.3 Å². The Labute approximate surface area is 172 Å². The lowest BCUT2D eigenvalue weighted by atomic mass is 10.1. The average molecular weight is 446 g/mol. The van der Waals surface area contributed by atoms with Crippen LogP contribution in [0.15, 0.2) is 59.1 Å². The van der Waals surface area contributed by atoms with Gasteiger partial charge in [-0.05, 0) is 48.5 Å². The second kappa shape index (κ2) is 8.63. The number of anilines is 1. The van der Waals surface area contributed by atoms with Crippen molar-refractivity contribution in [1.82, 2.24) is 10.2 Å². The van der Waals surface area contributed by atoms with Crippen LogP contribution in [0, 0.1) is 0 Å². The molecule has 1 aliphatic rings. The number of benzene rings is 2. The Morgan fingerprint density at radius 3 is 2.48 bits per heavy atom. The van der Waals surface area contributed by atoms with Crippen LogP contribution in [0.5, 0.6) is 0 Å². The van der Waals surface area contributed by atoms with E-state index >= 15 is 0 Å². The van der Waals surface area contributed by atoms with E-state index in [-0.39, 0.29) is 18.2 Å². The van der Waals surface area contributed by atoms with Crippen molar-refractivity contribution in [3.63, 3.8) is 0 Å². The summed E-state index contributed by atoms with van der Waals surface area (Å²) in [5, 5.41) is 3.41. The van der Waals surface area contributed by atoms with Crippen LogP contribution in [0.2, 0.25) is 0 Å². The third-order valence-electron chi connectivity index (χ3n) is 4.54. The smallest absolute Gasteiger partial charge is 0.257 e. The highest BCUT2D eigenvalue weighted by atomic mass is 79.9. The molecule has 0 radical (unpaired) electrons. The van der Waals surface area contributed by atoms with Crippen molar-refractivity contribution in [1.29, 1.82) is 0 Å². The fourth-order valence-electron chi connectivity index (χ4n) is 3.16. The number of carbonyl (C=O) groups is 2. The van der Waals surface area contributed by atoms with Crippen LogP contribution in [-0.4, -0.2) is 41.5 Å². The molecule has 1 aliphatic heterocycles. The fourth-order valence-corrected chi connectivity index (χ4v) is 3.64. The quantitative estimate of drug-likeness (QED) is 0.565. The summed E-state index contributed by atoms with van der Waals surface area (Å²) in [6.07, 6.45) is 0.852. The van der Waals surface area contributed by atoms with E-state index in [0.717, 1.165) is 16.5 Å². The monoisotopic (exact) mass is 445 g/mol. The van der Waals surface area contributed by atoms with Gasteiger partial charge in [-0.1, -0.05) is 46.3 Å². The van der Waals surface area contributed by atoms with E-state index in [1.807, 2.05) is 47.4 Å². The number of rotatable bonds is 5. The first kappa shape index (κ1) is 19.5. The first-order chi connectivity index (χ1) is 13.0. The zero-order chi connectivity index (χ0) is 19.4. The van der Waals surface area contributed by atoms with E-state index < -0.39 is 6.04 Å². The van der Waals surface area contributed by atoms with Crippen molar-refractivity contribution in [2.45, 2.75) is 18.9 Å². The number of thiocarbonyl (C=S) groups is 1. The van der Waals surface area contributed by atoms with Crippen molar-refractivity contribution in [3.05, 3.63) is 64.6 Å². The van der Waals surface area contributed by atoms with Gasteiger partial charge in [0.2, 0.25) is 5.91 Å². The lowest BCUT2D eigenvalue weighted by molar-refractivity contribution is -0.122. The summed E-state index contributed by atoms with van der Waals surface area (Å²) in [5.74, 6) is -0.455. The summed E-state index contributed by atoms with van der Waals surface area (Å²) in [4.78, 5) is 28.7. The number of carbonyl (C=O) groups excluding carboxylic acids is 2. The van der Waals surface area contributed by atoms with Gasteiger partial charge in [-0.3, -0.25) is 9.59 Å². The number of imide groups is 1. The van der Waals surface area contributed by atoms with Gasteiger partial charge < -0.3 is 10.2 Å². The molecule has 1 heterocycles. The SMILES string of the molecule is CNC(=S)N(CCc1ccccc1)[C@H]1CC(=O)N(c2ccc(Br)cc2)C1=O. The molecule has 0 spiro atoms. The maximum absolute atomic E-state index is 13.0. The highest BCUT2D eigenvalue weighted by Crippen LogP contribution is 2.27. The second-order valence-corrected chi connectivity index (χ2v) is 7.55. The van der Waals surface area contributed by atoms with Gasteiger partial charge in [0, 0.05) is 18.1 Å². The van der Waals surface area contributed by atoms with Crippen LogP contribution in [0.3, 0.4) is 0 Å². The normalized spacial score (nSPS) is 16.5. The molecular weight excluding hydrogens is 426 g/mol. The van der Waals surface area contributed by atoms with Gasteiger partial charge in [0.1, 0.15) is 6.04 Å². The molecule has 140 valence electrons. The van der Waals surface area contributed by atoms with E-state index in [9.17, 15) is 9.59 Å². The third-order valence-corrected chi connectivity index (χ3v) is 5.51. The number of nitrogens with zero attached hydrogens (tertiary/aromatic N) is 2. The Hall–Kier alpha value is -2.25. The molecule has 1 saturated heterocycles. The molecule has 1 N–H and O–H groups in total. The van der Waals surface area contributed by atoms with Gasteiger partial charge in [-0.25, -0.2) is 4.90 Å². The minimum absolute atomic E-state index is 0.117. The number of nitrogens with one attached hydrogen (secondary N) is 1. The Morgan fingerprint density at radius 2 is 1.85 bits per heavy atom. The van der Waals surface area contributed by atoms with Crippen molar-refractivity contribution < 1.29 is 9.59 Å². The topological polar surface area (TPSA) is 52.7 Å². The molecule has 0 aromatic heterocycles. The fraction of sp³-hybridized carbons (Fsp3) is 0.250. The Morgan fingerprint density at radius 1 is 1.19 bits per heavy atom. The molecule has 0 unspecified atom stereocenters. The maximum atomic E-state index is 13.0. The molecule has 2 aromatic carbocycles. The van der Waals surface area contributed by atoms with Crippen LogP contribution in [0.1, 0.15) is 12.0 Å². The summed E-state index contributed by atoms with van der Waals surface area (Å²) in [5.41, 5.74) is 1.73. The first-order valence-electron chi connectivity index (χ1n) is 8.66. The lowest BCUT2D eigenvalue weighted by Gasteiger charge is -2.29. The molecule has 0 aliphatic carbocycles. The zero-order valence-electron chi connectivity index (χ0n) is 14.9. The van der Waals surface area contributed by atoms with Crippen molar-refractivity contribution in [3.8, 4) is 0 Å². The van der Waals surface area contributed by atoms with Gasteiger partial charge in [0.05, 0.1) is 12.1 Å². The number of amides is 2. The Balaban J connectivity index is 1.80. The van der Waals surface area contributed by atoms with Gasteiger partial charge in [-0.2, -0.15) is 0 Å². The molecule has 0 bridgehead atoms. The van der Waals surface area contributed by atoms with Crippen molar-refractivity contribution >= 4 is 50.8 Å². The number of hydrogen-bond acceptors (Lipinski definition) is 3. The molecule has 2 aromatic rings. The second-order valence-electron chi connectivity index (χ2n) is 6.25. The van der Waals surface area contributed by atoms with Crippen LogP contribution >= 0.6 is 28.1 Å². The Bertz CT molecular complexity index is 842. The van der Waals surface area contributed by atoms with Gasteiger partial charge >= 0.3 is 0 Å². The summed E-state index contributed by atoms with van der Waals surface area (Å²) >= 11 is 8.79. The average Bonchev–Trinajstić information content (AvgIpc) is 2.97. The third kappa shape index (κ3) is 4.36. The molecule has 5 nitrogen and oxygen atoms in total. The maximum Gasteiger partial charge on any atom is 0.257 e. The molecule has 27 heavy (non-hydrogen) atoms. The van der Waals surface area contributed by atoms with Crippen LogP contribution in [0.4, 0.5) is 5.69 Å². The summed E-state index contributed by atoms with van der Waals surface area (Å²) < 4.78 is 0.891. The molecule has 0 saturated carbocycles. The van der Waals surface area contributed by atoms with Crippen LogP contribution < -0.4 is 10.2 Å². The van der Waals surface area contributed by atoms with E-state index in [4.69, 9.17) is 12.2 Å². The molecule has 2 amide bonds. The summed E-state index contributed by atoms with van der Waals surface area (Å²) in [6.45, 7) is 0.557. The van der Waals surface area contributed by atoms with E-state index in [1.54, 1.807) is 19.2 Å². The summed E-state index contributed by atoms with van der Waals surface area (Å²) in [7, 11) is 1.73. The van der Waals surface area contributed by atoms with Crippen LogP contribution in [0.25, 0.3) is 0 Å². The predicted molar refractivity (Wildman–Crippen MR) is 114 cm³/mol. The highest BCUT2D eigenvalue weighted by Gasteiger charge is 2.43. The molecule has 1 atom stereocenters. The molecular formula is C20H20BrN3O2S. The van der Waals surface area contributed by atoms with Gasteiger partial charge in [-0.15, -0.1) is 0 Å². The molecule has 3 rings (SSSR count). The van der Waals surface area contributed by atoms with Crippen molar-refractivity contribution in [2.24, 2.45) is 0 Å². The standard InChI is InChI=1S/C20H20BrN3O2S/c1-22-20(27)23(12-11-14-5-3-2-4-6-14)17-13-18(25)24(19(17)26)16-9-7-15(21)8-10-16/h2-10,17H,11-13H2,1H3,(H,22,27)/t17-/m0/s1. The van der Waals surface area contributed by atoms with Gasteiger partial charge in [0.15, 0.2) is 5.11 Å². The van der Waals surface area contributed by atoms with Crippen LogP contribution in [-0.2, 0) is 16.0 Å². The van der Waals surface area contributed by atoms with Crippen molar-refractivity contribution in [2.75, 3.05) is 18.5 Å². The lowest BCUT2D eigenvalue weighted by Crippen LogP contribution is -2.49. The van der Waals surface area contributed by atoms with E-state index in [2.05, 4.69) is 21.2 Å². The predicted octanol–water partition coefficient (Wildman–Crippen LogP) is 3.13. The first-order valence-corrected chi connectivity index (χ1v) is 9.86. The highest BCUT2D eigenvalue weighted by molar-refractivity contribution is 9.10. The molecule has 7 heteroatoms. The largest absolute Gasteiger partial charge is 0.366 e. The number of hydrogen-bond donors (Lipinski definition) is 1. The number of halogens is 1. The molecule has 1 fully saturated rings.